The SMILES string of the molecule is COCCNC(=O)CCN(c1c(C)cc(C)cc1Cl)S(C)(=O)=O. The van der Waals surface area contributed by atoms with Gasteiger partial charge < -0.3 is 10.1 Å². The molecule has 0 fully saturated rings. The number of carbonyl (C=O) groups is 1. The van der Waals surface area contributed by atoms with E-state index in [1.807, 2.05) is 13.0 Å². The maximum Gasteiger partial charge on any atom is 0.232 e. The highest BCUT2D eigenvalue weighted by molar-refractivity contribution is 7.92. The van der Waals surface area contributed by atoms with Gasteiger partial charge in [-0.15, -0.1) is 0 Å². The maximum absolute atomic E-state index is 12.1. The molecule has 0 bridgehead atoms. The maximum atomic E-state index is 12.1. The number of sulfonamides is 1. The highest BCUT2D eigenvalue weighted by Gasteiger charge is 2.23. The van der Waals surface area contributed by atoms with Crippen molar-refractivity contribution in [2.24, 2.45) is 0 Å². The smallest absolute Gasteiger partial charge is 0.232 e. The first kappa shape index (κ1) is 19.7. The Morgan fingerprint density at radius 3 is 2.52 bits per heavy atom. The molecule has 1 N–H and O–H groups in total. The number of aryl methyl sites for hydroxylation is 2. The number of hydrogen-bond donors (Lipinski definition) is 1. The first-order valence-electron chi connectivity index (χ1n) is 7.17. The summed E-state index contributed by atoms with van der Waals surface area (Å²) in [6.45, 7) is 4.51. The lowest BCUT2D eigenvalue weighted by atomic mass is 10.1. The van der Waals surface area contributed by atoms with Crippen LogP contribution in [0.3, 0.4) is 0 Å². The topological polar surface area (TPSA) is 75.7 Å². The van der Waals surface area contributed by atoms with Gasteiger partial charge in [0.2, 0.25) is 15.9 Å². The van der Waals surface area contributed by atoms with Gasteiger partial charge in [-0.2, -0.15) is 0 Å². The van der Waals surface area contributed by atoms with E-state index in [2.05, 4.69) is 5.32 Å². The molecule has 0 aliphatic heterocycles. The van der Waals surface area contributed by atoms with Crippen molar-refractivity contribution in [3.8, 4) is 0 Å². The van der Waals surface area contributed by atoms with E-state index in [0.717, 1.165) is 17.4 Å². The summed E-state index contributed by atoms with van der Waals surface area (Å²) in [6, 6.07) is 3.57. The molecule has 23 heavy (non-hydrogen) atoms. The van der Waals surface area contributed by atoms with Gasteiger partial charge in [-0.25, -0.2) is 8.42 Å². The predicted molar refractivity (Wildman–Crippen MR) is 92.6 cm³/mol. The van der Waals surface area contributed by atoms with Crippen molar-refractivity contribution < 1.29 is 17.9 Å². The second-order valence-electron chi connectivity index (χ2n) is 5.34. The number of methoxy groups -OCH3 is 1. The highest BCUT2D eigenvalue weighted by atomic mass is 35.5. The van der Waals surface area contributed by atoms with Gasteiger partial charge in [0.25, 0.3) is 0 Å². The summed E-state index contributed by atoms with van der Waals surface area (Å²) in [4.78, 5) is 11.8. The van der Waals surface area contributed by atoms with E-state index in [0.29, 0.717) is 23.9 Å². The molecule has 1 aromatic rings. The number of nitrogens with one attached hydrogen (secondary N) is 1. The van der Waals surface area contributed by atoms with Crippen LogP contribution in [0.4, 0.5) is 5.69 Å². The Kier molecular flexibility index (Phi) is 7.31. The highest BCUT2D eigenvalue weighted by Crippen LogP contribution is 2.32. The van der Waals surface area contributed by atoms with Crippen LogP contribution in [0.1, 0.15) is 17.5 Å². The van der Waals surface area contributed by atoms with Crippen molar-refractivity contribution in [1.29, 1.82) is 0 Å². The number of hydrogen-bond acceptors (Lipinski definition) is 4. The molecule has 0 radical (unpaired) electrons. The van der Waals surface area contributed by atoms with E-state index in [1.54, 1.807) is 20.1 Å². The third-order valence-electron chi connectivity index (χ3n) is 3.22. The fraction of sp³-hybridized carbons (Fsp3) is 0.533. The molecule has 0 spiro atoms. The van der Waals surface area contributed by atoms with Crippen molar-refractivity contribution in [2.75, 3.05) is 37.4 Å². The molecule has 0 aliphatic rings. The molecule has 0 unspecified atom stereocenters. The summed E-state index contributed by atoms with van der Waals surface area (Å²) in [5, 5.41) is 3.02. The van der Waals surface area contributed by atoms with E-state index in [-0.39, 0.29) is 18.9 Å². The molecule has 0 atom stereocenters. The van der Waals surface area contributed by atoms with Gasteiger partial charge in [0.1, 0.15) is 0 Å². The van der Waals surface area contributed by atoms with Crippen LogP contribution in [0.5, 0.6) is 0 Å². The molecule has 0 heterocycles. The van der Waals surface area contributed by atoms with Crippen LogP contribution in [0.2, 0.25) is 5.02 Å². The Hall–Kier alpha value is -1.31. The lowest BCUT2D eigenvalue weighted by Gasteiger charge is -2.25. The average Bonchev–Trinajstić information content (AvgIpc) is 2.40. The van der Waals surface area contributed by atoms with Gasteiger partial charge >= 0.3 is 0 Å². The Morgan fingerprint density at radius 2 is 2.00 bits per heavy atom. The largest absolute Gasteiger partial charge is 0.383 e. The summed E-state index contributed by atoms with van der Waals surface area (Å²) in [7, 11) is -2.01. The van der Waals surface area contributed by atoms with Crippen molar-refractivity contribution in [3.05, 3.63) is 28.3 Å². The first-order chi connectivity index (χ1) is 10.7. The Bertz CT molecular complexity index is 638. The van der Waals surface area contributed by atoms with Crippen LogP contribution >= 0.6 is 11.6 Å². The van der Waals surface area contributed by atoms with Crippen molar-refractivity contribution in [3.63, 3.8) is 0 Å². The zero-order valence-electron chi connectivity index (χ0n) is 13.8. The minimum absolute atomic E-state index is 0.0290. The summed E-state index contributed by atoms with van der Waals surface area (Å²) in [6.07, 6.45) is 1.14. The number of halogens is 1. The van der Waals surface area contributed by atoms with Gasteiger partial charge in [0.05, 0.1) is 23.6 Å². The van der Waals surface area contributed by atoms with Crippen LogP contribution in [-0.2, 0) is 19.6 Å². The van der Waals surface area contributed by atoms with E-state index < -0.39 is 10.0 Å². The van der Waals surface area contributed by atoms with Crippen LogP contribution < -0.4 is 9.62 Å². The number of carbonyl (C=O) groups excluding carboxylic acids is 1. The lowest BCUT2D eigenvalue weighted by Crippen LogP contribution is -2.36. The fourth-order valence-corrected chi connectivity index (χ4v) is 3.72. The third-order valence-corrected chi connectivity index (χ3v) is 4.67. The predicted octanol–water partition coefficient (Wildman–Crippen LogP) is 1.88. The van der Waals surface area contributed by atoms with Gasteiger partial charge in [0, 0.05) is 26.6 Å². The van der Waals surface area contributed by atoms with E-state index >= 15 is 0 Å². The third kappa shape index (κ3) is 6.01. The fourth-order valence-electron chi connectivity index (χ4n) is 2.25. The summed E-state index contributed by atoms with van der Waals surface area (Å²) in [5.74, 6) is -0.239. The van der Waals surface area contributed by atoms with E-state index in [1.165, 1.54) is 4.31 Å². The second-order valence-corrected chi connectivity index (χ2v) is 7.65. The zero-order valence-corrected chi connectivity index (χ0v) is 15.4. The zero-order chi connectivity index (χ0) is 17.6. The summed E-state index contributed by atoms with van der Waals surface area (Å²) >= 11 is 6.23. The monoisotopic (exact) mass is 362 g/mol. The van der Waals surface area contributed by atoms with Crippen LogP contribution in [0, 0.1) is 13.8 Å². The first-order valence-corrected chi connectivity index (χ1v) is 9.39. The molecule has 1 rings (SSSR count). The van der Waals surface area contributed by atoms with Crippen molar-refractivity contribution in [1.82, 2.24) is 5.32 Å². The molecule has 130 valence electrons. The Morgan fingerprint density at radius 1 is 1.35 bits per heavy atom. The molecule has 0 aromatic heterocycles. The minimum atomic E-state index is -3.55. The molecule has 0 aliphatic carbocycles. The molecule has 0 saturated heterocycles. The molecule has 1 aromatic carbocycles. The van der Waals surface area contributed by atoms with Crippen LogP contribution in [-0.4, -0.2) is 47.4 Å². The Balaban J connectivity index is 2.94. The number of benzene rings is 1. The van der Waals surface area contributed by atoms with Gasteiger partial charge in [-0.1, -0.05) is 17.7 Å². The molecule has 1 amide bonds. The standard InChI is InChI=1S/C15H23ClN2O4S/c1-11-9-12(2)15(13(16)10-11)18(23(4,20)21)7-5-14(19)17-6-8-22-3/h9-10H,5-8H2,1-4H3,(H,17,19). The average molecular weight is 363 g/mol. The van der Waals surface area contributed by atoms with E-state index in [4.69, 9.17) is 16.3 Å². The van der Waals surface area contributed by atoms with Crippen molar-refractivity contribution >= 4 is 33.2 Å². The van der Waals surface area contributed by atoms with Gasteiger partial charge in [-0.05, 0) is 31.0 Å². The lowest BCUT2D eigenvalue weighted by molar-refractivity contribution is -0.121. The van der Waals surface area contributed by atoms with Crippen molar-refractivity contribution in [2.45, 2.75) is 20.3 Å². The van der Waals surface area contributed by atoms with Crippen LogP contribution in [0.15, 0.2) is 12.1 Å². The van der Waals surface area contributed by atoms with E-state index in [9.17, 15) is 13.2 Å². The molecule has 6 nitrogen and oxygen atoms in total. The second kappa shape index (κ2) is 8.52. The molecular formula is C15H23ClN2O4S. The number of nitrogens with zero attached hydrogens (tertiary/aromatic N) is 1. The number of ether oxygens (including phenoxy) is 1. The quantitative estimate of drug-likeness (QED) is 0.716. The van der Waals surface area contributed by atoms with Gasteiger partial charge in [0.15, 0.2) is 0 Å². The Labute approximate surface area is 142 Å². The number of amides is 1. The number of rotatable bonds is 8. The number of anilines is 1. The van der Waals surface area contributed by atoms with Gasteiger partial charge in [-0.3, -0.25) is 9.10 Å². The molecular weight excluding hydrogens is 340 g/mol. The van der Waals surface area contributed by atoms with Crippen LogP contribution in [0.25, 0.3) is 0 Å². The summed E-state index contributed by atoms with van der Waals surface area (Å²) in [5.41, 5.74) is 2.12. The molecule has 0 saturated carbocycles. The molecule has 8 heteroatoms. The summed E-state index contributed by atoms with van der Waals surface area (Å²) < 4.78 is 30.2. The minimum Gasteiger partial charge on any atom is -0.383 e. The normalized spacial score (nSPS) is 11.3.